The van der Waals surface area contributed by atoms with Crippen molar-refractivity contribution < 1.29 is 5.21 Å². The van der Waals surface area contributed by atoms with Gasteiger partial charge in [-0.25, -0.2) is 4.98 Å². The number of anilines is 1. The smallest absolute Gasteiger partial charge is 0.121 e. The van der Waals surface area contributed by atoms with Crippen LogP contribution in [0.5, 0.6) is 0 Å². The van der Waals surface area contributed by atoms with E-state index in [9.17, 15) is 10.4 Å². The fourth-order valence-corrected chi connectivity index (χ4v) is 4.26. The third-order valence-corrected chi connectivity index (χ3v) is 5.18. The highest BCUT2D eigenvalue weighted by Gasteiger charge is 2.29. The molecule has 1 aliphatic rings. The molecule has 1 N–H and O–H groups in total. The summed E-state index contributed by atoms with van der Waals surface area (Å²) < 4.78 is 2.10. The van der Waals surface area contributed by atoms with E-state index in [2.05, 4.69) is 9.55 Å². The Morgan fingerprint density at radius 3 is 2.95 bits per heavy atom. The first-order valence-electron chi connectivity index (χ1n) is 6.68. The summed E-state index contributed by atoms with van der Waals surface area (Å²) in [6.45, 7) is 0. The van der Waals surface area contributed by atoms with Crippen molar-refractivity contribution in [2.24, 2.45) is 0 Å². The van der Waals surface area contributed by atoms with Crippen LogP contribution in [0, 0.1) is 5.21 Å². The monoisotopic (exact) mass is 332 g/mol. The zero-order chi connectivity index (χ0) is 15.3. The van der Waals surface area contributed by atoms with Gasteiger partial charge in [0.1, 0.15) is 11.2 Å². The fraction of sp³-hybridized carbons (Fsp3) is 0.133. The minimum atomic E-state index is -0.139. The Morgan fingerprint density at radius 1 is 1.32 bits per heavy atom. The number of hydrogen-bond donors (Lipinski definition) is 1. The van der Waals surface area contributed by atoms with Gasteiger partial charge in [-0.3, -0.25) is 5.21 Å². The summed E-state index contributed by atoms with van der Waals surface area (Å²) >= 11 is 7.73. The minimum Gasteiger partial charge on any atom is -0.733 e. The topological polar surface area (TPSA) is 64.3 Å². The molecule has 112 valence electrons. The van der Waals surface area contributed by atoms with Gasteiger partial charge in [-0.2, -0.15) is 0 Å². The van der Waals surface area contributed by atoms with Gasteiger partial charge in [0.15, 0.2) is 0 Å². The standard InChI is InChI=1S/C15H11ClN3O2S/c16-9-5-6-12(19(20)21)10(7-9)15-18-13-4-2-1-3-11(13)17-14(18)8-22-15/h1-7,15,20H,8H2/q-1. The molecule has 0 fully saturated rings. The Bertz CT molecular complexity index is 865. The quantitative estimate of drug-likeness (QED) is 0.713. The Hall–Kier alpha value is -1.73. The van der Waals surface area contributed by atoms with Crippen molar-refractivity contribution in [3.05, 3.63) is 64.1 Å². The molecule has 0 aliphatic carbocycles. The van der Waals surface area contributed by atoms with Gasteiger partial charge in [0, 0.05) is 10.6 Å². The predicted octanol–water partition coefficient (Wildman–Crippen LogP) is 4.18. The van der Waals surface area contributed by atoms with Crippen molar-refractivity contribution in [3.8, 4) is 0 Å². The van der Waals surface area contributed by atoms with Crippen LogP contribution in [0.2, 0.25) is 5.02 Å². The number of fused-ring (bicyclic) bond motifs is 3. The maximum atomic E-state index is 11.4. The molecular formula is C15H11ClN3O2S-. The summed E-state index contributed by atoms with van der Waals surface area (Å²) in [7, 11) is 0. The van der Waals surface area contributed by atoms with E-state index in [-0.39, 0.29) is 16.3 Å². The first-order chi connectivity index (χ1) is 10.6. The lowest BCUT2D eigenvalue weighted by Gasteiger charge is -2.27. The van der Waals surface area contributed by atoms with Crippen molar-refractivity contribution in [3.63, 3.8) is 0 Å². The van der Waals surface area contributed by atoms with Crippen LogP contribution >= 0.6 is 23.4 Å². The predicted molar refractivity (Wildman–Crippen MR) is 88.3 cm³/mol. The van der Waals surface area contributed by atoms with E-state index in [1.807, 2.05) is 24.3 Å². The molecule has 1 aliphatic heterocycles. The number of benzene rings is 2. The first kappa shape index (κ1) is 13.9. The lowest BCUT2D eigenvalue weighted by molar-refractivity contribution is 0.295. The zero-order valence-electron chi connectivity index (χ0n) is 11.3. The lowest BCUT2D eigenvalue weighted by Crippen LogP contribution is -2.13. The van der Waals surface area contributed by atoms with Gasteiger partial charge in [-0.15, -0.1) is 11.8 Å². The van der Waals surface area contributed by atoms with E-state index in [1.54, 1.807) is 23.9 Å². The van der Waals surface area contributed by atoms with E-state index in [0.717, 1.165) is 22.6 Å². The Morgan fingerprint density at radius 2 is 2.14 bits per heavy atom. The van der Waals surface area contributed by atoms with Crippen molar-refractivity contribution in [1.29, 1.82) is 0 Å². The molecule has 0 spiro atoms. The second kappa shape index (κ2) is 5.17. The minimum absolute atomic E-state index is 0.108. The van der Waals surface area contributed by atoms with Crippen molar-refractivity contribution >= 4 is 40.1 Å². The molecule has 5 nitrogen and oxygen atoms in total. The second-order valence-corrected chi connectivity index (χ2v) is 6.53. The third kappa shape index (κ3) is 2.07. The van der Waals surface area contributed by atoms with E-state index >= 15 is 0 Å². The van der Waals surface area contributed by atoms with Crippen LogP contribution in [0.1, 0.15) is 16.8 Å². The van der Waals surface area contributed by atoms with Gasteiger partial charge in [0.25, 0.3) is 0 Å². The van der Waals surface area contributed by atoms with Gasteiger partial charge < -0.3 is 15.0 Å². The number of para-hydroxylation sites is 2. The summed E-state index contributed by atoms with van der Waals surface area (Å²) in [4.78, 5) is 4.62. The number of halogens is 1. The fourth-order valence-electron chi connectivity index (χ4n) is 2.81. The van der Waals surface area contributed by atoms with E-state index in [4.69, 9.17) is 11.6 Å². The van der Waals surface area contributed by atoms with E-state index < -0.39 is 0 Å². The van der Waals surface area contributed by atoms with Gasteiger partial charge in [-0.05, 0) is 30.3 Å². The summed E-state index contributed by atoms with van der Waals surface area (Å²) in [5, 5.41) is 21.1. The van der Waals surface area contributed by atoms with Crippen molar-refractivity contribution in [2.75, 3.05) is 5.23 Å². The zero-order valence-corrected chi connectivity index (χ0v) is 12.9. The molecule has 0 radical (unpaired) electrons. The maximum Gasteiger partial charge on any atom is 0.121 e. The highest BCUT2D eigenvalue weighted by atomic mass is 35.5. The molecule has 2 heterocycles. The number of thioether (sulfide) groups is 1. The normalized spacial score (nSPS) is 17.0. The van der Waals surface area contributed by atoms with Gasteiger partial charge in [0.05, 0.1) is 22.5 Å². The average molecular weight is 333 g/mol. The number of nitrogens with zero attached hydrogens (tertiary/aromatic N) is 3. The Kier molecular flexibility index (Phi) is 3.27. The lowest BCUT2D eigenvalue weighted by atomic mass is 10.1. The Balaban J connectivity index is 1.92. The SMILES string of the molecule is [O-]N(O)c1ccc(Cl)cc1C1SCc2nc3ccccc3n21. The molecular weight excluding hydrogens is 322 g/mol. The number of imidazole rings is 1. The number of rotatable bonds is 2. The molecule has 4 rings (SSSR count). The van der Waals surface area contributed by atoms with E-state index in [1.165, 1.54) is 6.07 Å². The molecule has 0 amide bonds. The molecule has 3 aromatic rings. The second-order valence-electron chi connectivity index (χ2n) is 5.03. The van der Waals surface area contributed by atoms with Crippen molar-refractivity contribution in [2.45, 2.75) is 11.1 Å². The van der Waals surface area contributed by atoms with E-state index in [0.29, 0.717) is 10.6 Å². The Labute approximate surface area is 135 Å². The summed E-state index contributed by atoms with van der Waals surface area (Å²) in [6, 6.07) is 12.7. The molecule has 0 saturated heterocycles. The number of aromatic nitrogens is 2. The molecule has 0 saturated carbocycles. The van der Waals surface area contributed by atoms with Gasteiger partial charge in [-0.1, -0.05) is 23.7 Å². The van der Waals surface area contributed by atoms with Crippen LogP contribution in [-0.4, -0.2) is 14.8 Å². The molecule has 1 atom stereocenters. The highest BCUT2D eigenvalue weighted by Crippen LogP contribution is 2.46. The van der Waals surface area contributed by atoms with Crippen LogP contribution in [-0.2, 0) is 5.75 Å². The summed E-state index contributed by atoms with van der Waals surface area (Å²) in [5.41, 5.74) is 2.81. The first-order valence-corrected chi connectivity index (χ1v) is 8.11. The van der Waals surface area contributed by atoms with Crippen LogP contribution < -0.4 is 5.23 Å². The number of hydrogen-bond acceptors (Lipinski definition) is 5. The molecule has 1 unspecified atom stereocenters. The third-order valence-electron chi connectivity index (χ3n) is 3.74. The summed E-state index contributed by atoms with van der Waals surface area (Å²) in [6.07, 6.45) is 0. The molecule has 0 bridgehead atoms. The maximum absolute atomic E-state index is 11.4. The largest absolute Gasteiger partial charge is 0.733 e. The molecule has 22 heavy (non-hydrogen) atoms. The van der Waals surface area contributed by atoms with Gasteiger partial charge in [0.2, 0.25) is 0 Å². The van der Waals surface area contributed by atoms with Crippen molar-refractivity contribution in [1.82, 2.24) is 9.55 Å². The molecule has 2 aromatic carbocycles. The van der Waals surface area contributed by atoms with Gasteiger partial charge >= 0.3 is 0 Å². The molecule has 1 aromatic heterocycles. The highest BCUT2D eigenvalue weighted by molar-refractivity contribution is 7.99. The van der Waals surface area contributed by atoms with Crippen LogP contribution in [0.15, 0.2) is 42.5 Å². The van der Waals surface area contributed by atoms with Crippen LogP contribution in [0.25, 0.3) is 11.0 Å². The van der Waals surface area contributed by atoms with Crippen LogP contribution in [0.4, 0.5) is 5.69 Å². The van der Waals surface area contributed by atoms with Crippen LogP contribution in [0.3, 0.4) is 0 Å². The average Bonchev–Trinajstić information content (AvgIpc) is 3.05. The summed E-state index contributed by atoms with van der Waals surface area (Å²) in [5.74, 6) is 1.70. The molecule has 7 heteroatoms.